The molecule has 10 nitrogen and oxygen atoms in total. The van der Waals surface area contributed by atoms with Gasteiger partial charge in [-0.25, -0.2) is 9.97 Å². The highest BCUT2D eigenvalue weighted by molar-refractivity contribution is 6.19. The van der Waals surface area contributed by atoms with Crippen molar-refractivity contribution in [2.75, 3.05) is 44.0 Å². The highest BCUT2D eigenvalue weighted by Gasteiger charge is 2.25. The Hall–Kier alpha value is -4.57. The maximum absolute atomic E-state index is 13.3. The van der Waals surface area contributed by atoms with Gasteiger partial charge in [0.05, 0.1) is 36.4 Å². The van der Waals surface area contributed by atoms with E-state index in [0.29, 0.717) is 60.5 Å². The predicted molar refractivity (Wildman–Crippen MR) is 158 cm³/mol. The zero-order chi connectivity index (χ0) is 28.8. The number of carbonyl (C=O) groups excluding carboxylic acids is 2. The second-order valence-corrected chi connectivity index (χ2v) is 9.73. The standard InChI is InChI=1S/C30H35N7O3/c1-7-8-24(30(39)37-9-11-40-12-10-37)26-20(5)34-27(36-26)19(4)25-14-22(16-33-28(25)31-6)21-13-23(17-32-15-21)35-29(38)18(2)3/h7-8,13-18H,1,4,9-12H2,2-3,5-6H3,(H,31,33)(H,34,36)(H,35,38)/b24-8+. The minimum atomic E-state index is -0.150. The van der Waals surface area contributed by atoms with Crippen LogP contribution in [0.4, 0.5) is 11.5 Å². The van der Waals surface area contributed by atoms with E-state index in [0.717, 1.165) is 22.4 Å². The van der Waals surface area contributed by atoms with Crippen LogP contribution in [-0.4, -0.2) is 70.0 Å². The third-order valence-electron chi connectivity index (χ3n) is 6.55. The molecular weight excluding hydrogens is 506 g/mol. The molecule has 0 aliphatic carbocycles. The van der Waals surface area contributed by atoms with Crippen LogP contribution < -0.4 is 10.6 Å². The van der Waals surface area contributed by atoms with Crippen LogP contribution in [0.1, 0.15) is 36.6 Å². The first-order valence-electron chi connectivity index (χ1n) is 13.1. The summed E-state index contributed by atoms with van der Waals surface area (Å²) < 4.78 is 5.40. The molecule has 4 heterocycles. The number of ether oxygens (including phenoxy) is 1. The Morgan fingerprint density at radius 1 is 1.15 bits per heavy atom. The Labute approximate surface area is 234 Å². The van der Waals surface area contributed by atoms with Crippen LogP contribution in [0, 0.1) is 12.8 Å². The maximum Gasteiger partial charge on any atom is 0.256 e. The summed E-state index contributed by atoms with van der Waals surface area (Å²) in [7, 11) is 1.78. The SMILES string of the molecule is C=C/C=C(/C(=O)N1CCOCC1)c1nc(C(=C)c2cc(-c3cncc(NC(=O)C(C)C)c3)cnc2NC)[nH]c1C. The van der Waals surface area contributed by atoms with E-state index in [2.05, 4.69) is 38.7 Å². The van der Waals surface area contributed by atoms with Gasteiger partial charge in [-0.05, 0) is 25.1 Å². The Bertz CT molecular complexity index is 1470. The lowest BCUT2D eigenvalue weighted by molar-refractivity contribution is -0.129. The van der Waals surface area contributed by atoms with Crippen molar-refractivity contribution in [2.24, 2.45) is 5.92 Å². The molecule has 40 heavy (non-hydrogen) atoms. The normalized spacial score (nSPS) is 13.7. The van der Waals surface area contributed by atoms with Crippen molar-refractivity contribution in [2.45, 2.75) is 20.8 Å². The summed E-state index contributed by atoms with van der Waals surface area (Å²) in [6.07, 6.45) is 8.34. The average molecular weight is 542 g/mol. The number of pyridine rings is 2. The number of rotatable bonds is 9. The number of morpholine rings is 1. The number of aromatic amines is 1. The zero-order valence-corrected chi connectivity index (χ0v) is 23.4. The quantitative estimate of drug-likeness (QED) is 0.272. The molecule has 0 aromatic carbocycles. The molecule has 4 rings (SSSR count). The molecule has 0 radical (unpaired) electrons. The number of H-pyrrole nitrogens is 1. The number of aromatic nitrogens is 4. The van der Waals surface area contributed by atoms with Gasteiger partial charge in [-0.2, -0.15) is 0 Å². The number of hydrogen-bond acceptors (Lipinski definition) is 7. The molecule has 3 aromatic heterocycles. The van der Waals surface area contributed by atoms with Crippen LogP contribution >= 0.6 is 0 Å². The van der Waals surface area contributed by atoms with Crippen molar-refractivity contribution in [3.63, 3.8) is 0 Å². The molecule has 1 fully saturated rings. The van der Waals surface area contributed by atoms with E-state index in [4.69, 9.17) is 9.72 Å². The Morgan fingerprint density at radius 2 is 1.88 bits per heavy atom. The van der Waals surface area contributed by atoms with E-state index in [1.807, 2.05) is 32.9 Å². The summed E-state index contributed by atoms with van der Waals surface area (Å²) in [5.74, 6) is 0.781. The largest absolute Gasteiger partial charge is 0.378 e. The number of aryl methyl sites for hydroxylation is 1. The third-order valence-corrected chi connectivity index (χ3v) is 6.55. The van der Waals surface area contributed by atoms with Crippen LogP contribution in [0.2, 0.25) is 0 Å². The Morgan fingerprint density at radius 3 is 2.55 bits per heavy atom. The Kier molecular flexibility index (Phi) is 8.90. The smallest absolute Gasteiger partial charge is 0.256 e. The summed E-state index contributed by atoms with van der Waals surface area (Å²) in [4.78, 5) is 44.3. The summed E-state index contributed by atoms with van der Waals surface area (Å²) >= 11 is 0. The fourth-order valence-electron chi connectivity index (χ4n) is 4.30. The van der Waals surface area contributed by atoms with Gasteiger partial charge in [-0.15, -0.1) is 0 Å². The van der Waals surface area contributed by atoms with Gasteiger partial charge in [0.15, 0.2) is 0 Å². The second kappa shape index (κ2) is 12.5. The van der Waals surface area contributed by atoms with Crippen LogP contribution in [0.5, 0.6) is 0 Å². The molecule has 1 aliphatic rings. The van der Waals surface area contributed by atoms with Crippen LogP contribution in [0.25, 0.3) is 22.3 Å². The lowest BCUT2D eigenvalue weighted by Crippen LogP contribution is -2.41. The maximum atomic E-state index is 13.3. The molecule has 1 aliphatic heterocycles. The van der Waals surface area contributed by atoms with Crippen molar-refractivity contribution in [3.8, 4) is 11.1 Å². The number of hydrogen-bond donors (Lipinski definition) is 3. The number of nitrogens with zero attached hydrogens (tertiary/aromatic N) is 4. The van der Waals surface area contributed by atoms with Gasteiger partial charge in [-0.3, -0.25) is 14.6 Å². The summed E-state index contributed by atoms with van der Waals surface area (Å²) in [5, 5.41) is 6.00. The van der Waals surface area contributed by atoms with Crippen LogP contribution in [-0.2, 0) is 14.3 Å². The molecule has 0 unspecified atom stereocenters. The minimum absolute atomic E-state index is 0.0855. The van der Waals surface area contributed by atoms with E-state index in [1.165, 1.54) is 0 Å². The van der Waals surface area contributed by atoms with Gasteiger partial charge in [0.25, 0.3) is 5.91 Å². The molecule has 3 aromatic rings. The van der Waals surface area contributed by atoms with Crippen molar-refractivity contribution in [3.05, 3.63) is 78.8 Å². The van der Waals surface area contributed by atoms with Crippen molar-refractivity contribution >= 4 is 34.5 Å². The number of anilines is 2. The zero-order valence-electron chi connectivity index (χ0n) is 23.4. The van der Waals surface area contributed by atoms with E-state index >= 15 is 0 Å². The van der Waals surface area contributed by atoms with E-state index in [-0.39, 0.29) is 17.7 Å². The molecular formula is C30H35N7O3. The molecule has 1 saturated heterocycles. The molecule has 0 saturated carbocycles. The van der Waals surface area contributed by atoms with Gasteiger partial charge in [-0.1, -0.05) is 33.1 Å². The highest BCUT2D eigenvalue weighted by Crippen LogP contribution is 2.32. The Balaban J connectivity index is 1.67. The third kappa shape index (κ3) is 6.18. The molecule has 0 atom stereocenters. The summed E-state index contributed by atoms with van der Waals surface area (Å²) in [6, 6.07) is 3.80. The highest BCUT2D eigenvalue weighted by atomic mass is 16.5. The number of amides is 2. The van der Waals surface area contributed by atoms with Gasteiger partial charge < -0.3 is 25.3 Å². The van der Waals surface area contributed by atoms with Crippen LogP contribution in [0.15, 0.2) is 56.0 Å². The van der Waals surface area contributed by atoms with Crippen molar-refractivity contribution < 1.29 is 14.3 Å². The van der Waals surface area contributed by atoms with Gasteiger partial charge >= 0.3 is 0 Å². The molecule has 0 spiro atoms. The lowest BCUT2D eigenvalue weighted by atomic mass is 10.0. The second-order valence-electron chi connectivity index (χ2n) is 9.73. The molecule has 10 heteroatoms. The molecule has 0 bridgehead atoms. The first-order chi connectivity index (χ1) is 19.2. The first kappa shape index (κ1) is 28.4. The van der Waals surface area contributed by atoms with Gasteiger partial charge in [0.2, 0.25) is 5.91 Å². The summed E-state index contributed by atoms with van der Waals surface area (Å²) in [5.41, 5.74) is 5.24. The molecule has 2 amide bonds. The van der Waals surface area contributed by atoms with E-state index < -0.39 is 0 Å². The van der Waals surface area contributed by atoms with Gasteiger partial charge in [0.1, 0.15) is 11.6 Å². The first-order valence-corrected chi connectivity index (χ1v) is 13.1. The van der Waals surface area contributed by atoms with E-state index in [1.54, 1.807) is 42.7 Å². The fraction of sp³-hybridized carbons (Fsp3) is 0.300. The lowest BCUT2D eigenvalue weighted by Gasteiger charge is -2.27. The number of nitrogens with one attached hydrogen (secondary N) is 3. The molecule has 208 valence electrons. The topological polar surface area (TPSA) is 125 Å². The fourth-order valence-corrected chi connectivity index (χ4v) is 4.30. The summed E-state index contributed by atoms with van der Waals surface area (Å²) in [6.45, 7) is 15.7. The average Bonchev–Trinajstić information content (AvgIpc) is 3.36. The predicted octanol–water partition coefficient (Wildman–Crippen LogP) is 4.30. The van der Waals surface area contributed by atoms with Gasteiger partial charge in [0, 0.05) is 66.4 Å². The van der Waals surface area contributed by atoms with Crippen molar-refractivity contribution in [1.29, 1.82) is 0 Å². The van der Waals surface area contributed by atoms with Crippen molar-refractivity contribution in [1.82, 2.24) is 24.8 Å². The number of imidazole rings is 1. The number of allylic oxidation sites excluding steroid dienone is 2. The number of carbonyl (C=O) groups is 2. The minimum Gasteiger partial charge on any atom is -0.378 e. The van der Waals surface area contributed by atoms with E-state index in [9.17, 15) is 9.59 Å². The monoisotopic (exact) mass is 541 g/mol. The molecule has 3 N–H and O–H groups in total. The van der Waals surface area contributed by atoms with Crippen LogP contribution in [0.3, 0.4) is 0 Å².